The Morgan fingerprint density at radius 1 is 1.33 bits per heavy atom. The van der Waals surface area contributed by atoms with Crippen molar-refractivity contribution in [1.29, 1.82) is 0 Å². The van der Waals surface area contributed by atoms with E-state index >= 15 is 0 Å². The van der Waals surface area contributed by atoms with E-state index in [-0.39, 0.29) is 0 Å². The summed E-state index contributed by atoms with van der Waals surface area (Å²) in [5, 5.41) is 3.16. The second-order valence-electron chi connectivity index (χ2n) is 1.65. The van der Waals surface area contributed by atoms with Gasteiger partial charge in [0.25, 0.3) is 0 Å². The summed E-state index contributed by atoms with van der Waals surface area (Å²) >= 11 is 0. The fourth-order valence-electron chi connectivity index (χ4n) is 0.678. The number of nitrogens with one attached hydrogen (secondary N) is 1. The molecule has 0 atom stereocenters. The molecule has 1 N–H and O–H groups in total. The molecule has 1 fully saturated rings. The van der Waals surface area contributed by atoms with Gasteiger partial charge >= 0.3 is 0 Å². The summed E-state index contributed by atoms with van der Waals surface area (Å²) in [5.74, 6) is 0. The van der Waals surface area contributed by atoms with E-state index in [4.69, 9.17) is 0 Å². The molecular weight excluding hydrogens is 74.1 g/mol. The van der Waals surface area contributed by atoms with Crippen molar-refractivity contribution in [2.75, 3.05) is 6.54 Å². The maximum Gasteiger partial charge on any atom is -0.0326 e. The Balaban J connectivity index is 2.00. The molecular formula is C5H10N-. The molecule has 1 aliphatic rings. The minimum absolute atomic E-state index is 1.19. The molecule has 0 aromatic heterocycles. The largest absolute Gasteiger partial charge is 0.470 e. The first kappa shape index (κ1) is 4.13. The maximum absolute atomic E-state index is 3.16. The Hall–Kier alpha value is -0.0400. The van der Waals surface area contributed by atoms with Gasteiger partial charge in [0, 0.05) is 0 Å². The normalized spacial score (nSPS) is 24.0. The number of hydrogen-bond acceptors (Lipinski definition) is 1. The van der Waals surface area contributed by atoms with E-state index in [0.29, 0.717) is 0 Å². The van der Waals surface area contributed by atoms with Crippen LogP contribution in [0.5, 0.6) is 0 Å². The highest BCUT2D eigenvalue weighted by Crippen LogP contribution is 2.00. The predicted molar refractivity (Wildman–Crippen MR) is 26.2 cm³/mol. The Bertz CT molecular complexity index is 19.4. The van der Waals surface area contributed by atoms with Crippen molar-refractivity contribution in [3.63, 3.8) is 0 Å². The van der Waals surface area contributed by atoms with E-state index in [0.717, 1.165) is 0 Å². The second-order valence-corrected chi connectivity index (χ2v) is 1.65. The van der Waals surface area contributed by atoms with Crippen LogP contribution in [0.2, 0.25) is 0 Å². The van der Waals surface area contributed by atoms with Crippen LogP contribution in [0.1, 0.15) is 19.3 Å². The van der Waals surface area contributed by atoms with Gasteiger partial charge in [-0.2, -0.15) is 6.42 Å². The second kappa shape index (κ2) is 2.19. The van der Waals surface area contributed by atoms with E-state index in [1.807, 2.05) is 0 Å². The summed E-state index contributed by atoms with van der Waals surface area (Å²) in [7, 11) is 0. The Labute approximate surface area is 38.7 Å². The Morgan fingerprint density at radius 3 is 2.50 bits per heavy atom. The number of hydrogen-bond donors (Lipinski definition) is 1. The van der Waals surface area contributed by atoms with E-state index in [9.17, 15) is 0 Å². The van der Waals surface area contributed by atoms with Crippen LogP contribution < -0.4 is 5.32 Å². The lowest BCUT2D eigenvalue weighted by Crippen LogP contribution is -2.15. The lowest BCUT2D eigenvalue weighted by Gasteiger charge is -2.20. The molecule has 1 heterocycles. The third-order valence-corrected chi connectivity index (χ3v) is 1.06. The smallest absolute Gasteiger partial charge is 0.0326 e. The Kier molecular flexibility index (Phi) is 1.51. The highest BCUT2D eigenvalue weighted by Gasteiger charge is 1.84. The average molecular weight is 84.1 g/mol. The molecule has 0 amide bonds. The minimum Gasteiger partial charge on any atom is -0.470 e. The van der Waals surface area contributed by atoms with Crippen LogP contribution in [0.3, 0.4) is 0 Å². The molecule has 1 heteroatoms. The molecule has 0 spiro atoms. The van der Waals surface area contributed by atoms with Gasteiger partial charge in [-0.3, -0.25) is 6.54 Å². The third kappa shape index (κ3) is 0.977. The van der Waals surface area contributed by atoms with Crippen LogP contribution in [-0.4, -0.2) is 6.54 Å². The summed E-state index contributed by atoms with van der Waals surface area (Å²) < 4.78 is 0. The van der Waals surface area contributed by atoms with Crippen LogP contribution in [0.15, 0.2) is 0 Å². The van der Waals surface area contributed by atoms with Crippen molar-refractivity contribution in [2.24, 2.45) is 0 Å². The first-order valence-electron chi connectivity index (χ1n) is 2.55. The third-order valence-electron chi connectivity index (χ3n) is 1.06. The predicted octanol–water partition coefficient (Wildman–Crippen LogP) is 0.922. The van der Waals surface area contributed by atoms with Gasteiger partial charge in [0.05, 0.1) is 0 Å². The van der Waals surface area contributed by atoms with Crippen LogP contribution in [0.4, 0.5) is 0 Å². The van der Waals surface area contributed by atoms with Gasteiger partial charge in [0.1, 0.15) is 0 Å². The first-order valence-corrected chi connectivity index (χ1v) is 2.55. The zero-order valence-electron chi connectivity index (χ0n) is 3.91. The summed E-state index contributed by atoms with van der Waals surface area (Å²) in [6.07, 6.45) is 4.00. The monoisotopic (exact) mass is 84.1 g/mol. The van der Waals surface area contributed by atoms with E-state index in [1.165, 1.54) is 25.8 Å². The quantitative estimate of drug-likeness (QED) is 0.430. The summed E-state index contributed by atoms with van der Waals surface area (Å²) in [6, 6.07) is 0. The molecule has 0 bridgehead atoms. The molecule has 0 aromatic carbocycles. The average Bonchev–Trinajstić information content (AvgIpc) is 1.72. The molecule has 0 aliphatic carbocycles. The molecule has 0 aromatic rings. The molecule has 0 saturated carbocycles. The topological polar surface area (TPSA) is 12.0 Å². The van der Waals surface area contributed by atoms with Gasteiger partial charge in [0.15, 0.2) is 0 Å². The van der Waals surface area contributed by atoms with Crippen molar-refractivity contribution in [3.05, 3.63) is 6.54 Å². The van der Waals surface area contributed by atoms with Crippen LogP contribution in [0, 0.1) is 6.54 Å². The standard InChI is InChI=1S/C5H10N/c1-2-4-6-5-3-1/h4,6H,1-3,5H2/q-1. The van der Waals surface area contributed by atoms with E-state index < -0.39 is 0 Å². The minimum atomic E-state index is 1.19. The van der Waals surface area contributed by atoms with Gasteiger partial charge in [-0.05, 0) is 13.0 Å². The molecule has 1 saturated heterocycles. The van der Waals surface area contributed by atoms with Gasteiger partial charge in [-0.15, -0.1) is 0 Å². The summed E-state index contributed by atoms with van der Waals surface area (Å²) in [5.41, 5.74) is 0. The lowest BCUT2D eigenvalue weighted by atomic mass is 10.2. The van der Waals surface area contributed by atoms with Gasteiger partial charge in [-0.1, -0.05) is 6.42 Å². The molecule has 36 valence electrons. The van der Waals surface area contributed by atoms with Gasteiger partial charge in [-0.25, -0.2) is 0 Å². The van der Waals surface area contributed by atoms with Crippen LogP contribution >= 0.6 is 0 Å². The molecule has 0 unspecified atom stereocenters. The maximum atomic E-state index is 3.16. The zero-order chi connectivity index (χ0) is 4.24. The van der Waals surface area contributed by atoms with Gasteiger partial charge < -0.3 is 5.32 Å². The molecule has 1 aliphatic heterocycles. The fourth-order valence-corrected chi connectivity index (χ4v) is 0.678. The van der Waals surface area contributed by atoms with Crippen molar-refractivity contribution in [3.8, 4) is 0 Å². The fraction of sp³-hybridized carbons (Fsp3) is 0.800. The number of piperidine rings is 1. The first-order chi connectivity index (χ1) is 3.00. The highest BCUT2D eigenvalue weighted by atomic mass is 14.9. The van der Waals surface area contributed by atoms with Gasteiger partial charge in [0.2, 0.25) is 0 Å². The lowest BCUT2D eigenvalue weighted by molar-refractivity contribution is 0.581. The zero-order valence-corrected chi connectivity index (χ0v) is 3.91. The molecule has 6 heavy (non-hydrogen) atoms. The van der Waals surface area contributed by atoms with Crippen LogP contribution in [-0.2, 0) is 0 Å². The van der Waals surface area contributed by atoms with Crippen molar-refractivity contribution in [2.45, 2.75) is 19.3 Å². The number of rotatable bonds is 0. The summed E-state index contributed by atoms with van der Waals surface area (Å²) in [6.45, 7) is 3.34. The SMILES string of the molecule is [CH-]1CCCCN1. The van der Waals surface area contributed by atoms with Crippen molar-refractivity contribution < 1.29 is 0 Å². The highest BCUT2D eigenvalue weighted by molar-refractivity contribution is 4.67. The van der Waals surface area contributed by atoms with E-state index in [2.05, 4.69) is 11.9 Å². The van der Waals surface area contributed by atoms with Crippen molar-refractivity contribution >= 4 is 0 Å². The van der Waals surface area contributed by atoms with Crippen molar-refractivity contribution in [1.82, 2.24) is 5.32 Å². The Morgan fingerprint density at radius 2 is 2.33 bits per heavy atom. The molecule has 1 nitrogen and oxygen atoms in total. The summed E-state index contributed by atoms with van der Waals surface area (Å²) in [4.78, 5) is 0. The van der Waals surface area contributed by atoms with Crippen LogP contribution in [0.25, 0.3) is 0 Å². The molecule has 1 rings (SSSR count). The molecule has 0 radical (unpaired) electrons. The van der Waals surface area contributed by atoms with E-state index in [1.54, 1.807) is 0 Å².